The average Bonchev–Trinajstić information content (AvgIpc) is 3.18. The molecule has 1 aromatic rings. The molecule has 10 heteroatoms. The number of non-ortho nitro benzene ring substituents is 1. The van der Waals surface area contributed by atoms with E-state index in [1.54, 1.807) is 12.1 Å². The molecular weight excluding hydrogens is 408 g/mol. The standard InChI is InChI=1S/C21H26N2O8/c1-11-2-4-14(30-21-20(27)19(26)18(25)17(10-24)31-21)9-16(11)22-7-6-12-8-13(23(28)29)3-5-15(12)22/h3-5,8-9,11,17-21,24-27H,2,6-7,10H2,1H3/t11?,17?,18-,19?,20?,21+/m1/s1. The van der Waals surface area contributed by atoms with Gasteiger partial charge in [-0.2, -0.15) is 0 Å². The molecule has 4 rings (SSSR count). The number of aliphatic hydroxyl groups excluding tert-OH is 4. The van der Waals surface area contributed by atoms with Crippen molar-refractivity contribution in [3.8, 4) is 0 Å². The summed E-state index contributed by atoms with van der Waals surface area (Å²) >= 11 is 0. The highest BCUT2D eigenvalue weighted by molar-refractivity contribution is 5.65. The van der Waals surface area contributed by atoms with E-state index >= 15 is 0 Å². The summed E-state index contributed by atoms with van der Waals surface area (Å²) in [6, 6.07) is 4.85. The first-order valence-corrected chi connectivity index (χ1v) is 10.2. The molecule has 0 bridgehead atoms. The number of nitrogens with zero attached hydrogens (tertiary/aromatic N) is 2. The van der Waals surface area contributed by atoms with Gasteiger partial charge in [-0.3, -0.25) is 10.1 Å². The summed E-state index contributed by atoms with van der Waals surface area (Å²) in [6.45, 7) is 2.22. The van der Waals surface area contributed by atoms with Gasteiger partial charge in [0.05, 0.1) is 11.5 Å². The van der Waals surface area contributed by atoms with E-state index < -0.39 is 42.2 Å². The van der Waals surface area contributed by atoms with Gasteiger partial charge >= 0.3 is 0 Å². The summed E-state index contributed by atoms with van der Waals surface area (Å²) in [4.78, 5) is 12.8. The molecule has 0 amide bonds. The van der Waals surface area contributed by atoms with Crippen LogP contribution in [0.3, 0.4) is 0 Å². The van der Waals surface area contributed by atoms with Crippen LogP contribution in [-0.2, 0) is 15.9 Å². The van der Waals surface area contributed by atoms with E-state index in [0.717, 1.165) is 16.9 Å². The number of hydrogen-bond acceptors (Lipinski definition) is 9. The Morgan fingerprint density at radius 3 is 2.74 bits per heavy atom. The van der Waals surface area contributed by atoms with Crippen molar-refractivity contribution in [2.45, 2.75) is 50.5 Å². The number of rotatable bonds is 5. The van der Waals surface area contributed by atoms with Crippen LogP contribution in [0, 0.1) is 16.0 Å². The van der Waals surface area contributed by atoms with Gasteiger partial charge in [-0.25, -0.2) is 0 Å². The Bertz CT molecular complexity index is 915. The third-order valence-electron chi connectivity index (χ3n) is 6.05. The first kappa shape index (κ1) is 21.7. The lowest BCUT2D eigenvalue weighted by atomic mass is 9.96. The molecule has 4 N–H and O–H groups in total. The highest BCUT2D eigenvalue weighted by atomic mass is 16.7. The number of anilines is 1. The third kappa shape index (κ3) is 4.04. The summed E-state index contributed by atoms with van der Waals surface area (Å²) in [5.41, 5.74) is 2.86. The summed E-state index contributed by atoms with van der Waals surface area (Å²) < 4.78 is 11.2. The normalized spacial score (nSPS) is 32.9. The van der Waals surface area contributed by atoms with Crippen LogP contribution in [0.1, 0.15) is 18.9 Å². The molecule has 1 aliphatic carbocycles. The zero-order valence-corrected chi connectivity index (χ0v) is 17.0. The van der Waals surface area contributed by atoms with Crippen LogP contribution in [-0.4, -0.2) is 69.2 Å². The molecule has 0 aromatic heterocycles. The topological polar surface area (TPSA) is 146 Å². The van der Waals surface area contributed by atoms with Gasteiger partial charge in [-0.05, 0) is 36.6 Å². The highest BCUT2D eigenvalue weighted by Crippen LogP contribution is 2.38. The summed E-state index contributed by atoms with van der Waals surface area (Å²) in [5, 5.41) is 50.5. The molecule has 2 aliphatic heterocycles. The van der Waals surface area contributed by atoms with Crippen LogP contribution in [0.2, 0.25) is 0 Å². The molecule has 3 aliphatic rings. The van der Waals surface area contributed by atoms with Crippen molar-refractivity contribution in [1.29, 1.82) is 0 Å². The monoisotopic (exact) mass is 434 g/mol. The molecule has 1 fully saturated rings. The van der Waals surface area contributed by atoms with E-state index in [1.807, 2.05) is 12.2 Å². The van der Waals surface area contributed by atoms with Gasteiger partial charge in [-0.15, -0.1) is 0 Å². The molecule has 4 unspecified atom stereocenters. The summed E-state index contributed by atoms with van der Waals surface area (Å²) in [5.74, 6) is 0.607. The molecule has 1 aromatic carbocycles. The second-order valence-corrected chi connectivity index (χ2v) is 8.10. The molecular formula is C21H26N2O8. The van der Waals surface area contributed by atoms with E-state index in [0.29, 0.717) is 25.1 Å². The highest BCUT2D eigenvalue weighted by Gasteiger charge is 2.45. The van der Waals surface area contributed by atoms with Crippen molar-refractivity contribution in [3.05, 3.63) is 57.5 Å². The van der Waals surface area contributed by atoms with Gasteiger partial charge in [-0.1, -0.05) is 6.92 Å². The van der Waals surface area contributed by atoms with Crippen molar-refractivity contribution in [1.82, 2.24) is 0 Å². The van der Waals surface area contributed by atoms with E-state index in [9.17, 15) is 30.5 Å². The quantitative estimate of drug-likeness (QED) is 0.386. The minimum absolute atomic E-state index is 0.0674. The van der Waals surface area contributed by atoms with Gasteiger partial charge < -0.3 is 34.8 Å². The molecule has 2 heterocycles. The predicted octanol–water partition coefficient (Wildman–Crippen LogP) is 0.581. The van der Waals surface area contributed by atoms with Crippen LogP contribution in [0.15, 0.2) is 41.8 Å². The second kappa shape index (κ2) is 8.56. The lowest BCUT2D eigenvalue weighted by molar-refractivity contribution is -0.384. The van der Waals surface area contributed by atoms with Crippen LogP contribution in [0.5, 0.6) is 0 Å². The fourth-order valence-corrected chi connectivity index (χ4v) is 4.26. The first-order chi connectivity index (χ1) is 14.8. The number of nitro benzene ring substituents is 1. The molecule has 10 nitrogen and oxygen atoms in total. The van der Waals surface area contributed by atoms with Gasteiger partial charge in [0.25, 0.3) is 5.69 Å². The average molecular weight is 434 g/mol. The van der Waals surface area contributed by atoms with Crippen LogP contribution in [0.4, 0.5) is 11.4 Å². The smallest absolute Gasteiger partial charge is 0.269 e. The number of aliphatic hydroxyl groups is 4. The van der Waals surface area contributed by atoms with Crippen molar-refractivity contribution >= 4 is 11.4 Å². The Kier molecular flexibility index (Phi) is 6.00. The van der Waals surface area contributed by atoms with Gasteiger partial charge in [0, 0.05) is 36.0 Å². The molecule has 0 spiro atoms. The minimum Gasteiger partial charge on any atom is -0.462 e. The Hall–Kier alpha value is -2.50. The number of ether oxygens (including phenoxy) is 2. The van der Waals surface area contributed by atoms with Crippen LogP contribution < -0.4 is 4.90 Å². The fourth-order valence-electron chi connectivity index (χ4n) is 4.26. The van der Waals surface area contributed by atoms with E-state index in [4.69, 9.17) is 9.47 Å². The predicted molar refractivity (Wildman–Crippen MR) is 109 cm³/mol. The number of benzene rings is 1. The maximum absolute atomic E-state index is 11.1. The SMILES string of the molecule is CC1CC=C(O[C@H]2OC(CO)[C@@H](O)C(O)C2O)C=C1N1CCc2cc([N+](=O)[O-])ccc21. The van der Waals surface area contributed by atoms with E-state index in [2.05, 4.69) is 11.8 Å². The number of fused-ring (bicyclic) bond motifs is 1. The molecule has 1 saturated heterocycles. The Balaban J connectivity index is 1.54. The number of hydrogen-bond donors (Lipinski definition) is 4. The lowest BCUT2D eigenvalue weighted by Crippen LogP contribution is -2.59. The maximum atomic E-state index is 11.1. The fraction of sp³-hybridized carbons (Fsp3) is 0.524. The summed E-state index contributed by atoms with van der Waals surface area (Å²) in [6.07, 6.45) is -1.71. The zero-order chi connectivity index (χ0) is 22.3. The van der Waals surface area contributed by atoms with Crippen molar-refractivity contribution in [3.63, 3.8) is 0 Å². The Labute approximate surface area is 178 Å². The van der Waals surface area contributed by atoms with Gasteiger partial charge in [0.1, 0.15) is 30.2 Å². The molecule has 168 valence electrons. The third-order valence-corrected chi connectivity index (χ3v) is 6.05. The van der Waals surface area contributed by atoms with E-state index in [-0.39, 0.29) is 11.6 Å². The first-order valence-electron chi connectivity index (χ1n) is 10.2. The number of nitro groups is 1. The van der Waals surface area contributed by atoms with E-state index in [1.165, 1.54) is 6.07 Å². The van der Waals surface area contributed by atoms with Gasteiger partial charge in [0.2, 0.25) is 6.29 Å². The van der Waals surface area contributed by atoms with Gasteiger partial charge in [0.15, 0.2) is 0 Å². The molecule has 0 radical (unpaired) electrons. The summed E-state index contributed by atoms with van der Waals surface area (Å²) in [7, 11) is 0. The van der Waals surface area contributed by atoms with Crippen LogP contribution >= 0.6 is 0 Å². The molecule has 31 heavy (non-hydrogen) atoms. The minimum atomic E-state index is -1.51. The lowest BCUT2D eigenvalue weighted by Gasteiger charge is -2.40. The number of allylic oxidation sites excluding steroid dienone is 3. The van der Waals surface area contributed by atoms with Crippen molar-refractivity contribution in [2.75, 3.05) is 18.1 Å². The van der Waals surface area contributed by atoms with Crippen LogP contribution in [0.25, 0.3) is 0 Å². The largest absolute Gasteiger partial charge is 0.462 e. The maximum Gasteiger partial charge on any atom is 0.269 e. The Morgan fingerprint density at radius 1 is 1.26 bits per heavy atom. The molecule has 0 saturated carbocycles. The molecule has 6 atom stereocenters. The zero-order valence-electron chi connectivity index (χ0n) is 17.0. The second-order valence-electron chi connectivity index (χ2n) is 8.10. The Morgan fingerprint density at radius 2 is 2.03 bits per heavy atom. The van der Waals surface area contributed by atoms with Crippen molar-refractivity contribution in [2.24, 2.45) is 5.92 Å². The van der Waals surface area contributed by atoms with Crippen molar-refractivity contribution < 1.29 is 34.8 Å².